The molecular weight excluding hydrogens is 271 g/mol. The molecule has 0 aliphatic rings. The molecule has 2 N–H and O–H groups in total. The van der Waals surface area contributed by atoms with Crippen LogP contribution in [0.25, 0.3) is 0 Å². The summed E-state index contributed by atoms with van der Waals surface area (Å²) in [6, 6.07) is 13.1. The predicted octanol–water partition coefficient (Wildman–Crippen LogP) is 3.79. The second kappa shape index (κ2) is 6.01. The fourth-order valence-corrected chi connectivity index (χ4v) is 2.18. The first-order chi connectivity index (χ1) is 9.52. The van der Waals surface area contributed by atoms with Gasteiger partial charge in [-0.2, -0.15) is 0 Å². The zero-order valence-electron chi connectivity index (χ0n) is 11.6. The summed E-state index contributed by atoms with van der Waals surface area (Å²) in [6.07, 6.45) is 1.00. The average molecular weight is 288 g/mol. The maximum atomic E-state index is 13.9. The highest BCUT2D eigenvalue weighted by molar-refractivity contribution is 7.80. The van der Waals surface area contributed by atoms with Gasteiger partial charge in [-0.05, 0) is 42.3 Å². The summed E-state index contributed by atoms with van der Waals surface area (Å²) in [5.41, 5.74) is 8.77. The number of hydrogen-bond donors (Lipinski definition) is 1. The third-order valence-corrected chi connectivity index (χ3v) is 3.56. The fraction of sp³-hybridized carbons (Fsp3) is 0.188. The van der Waals surface area contributed by atoms with E-state index >= 15 is 0 Å². The minimum atomic E-state index is -0.396. The van der Waals surface area contributed by atoms with E-state index in [1.165, 1.54) is 11.6 Å². The van der Waals surface area contributed by atoms with E-state index in [1.54, 1.807) is 6.07 Å². The van der Waals surface area contributed by atoms with Crippen molar-refractivity contribution < 1.29 is 4.39 Å². The van der Waals surface area contributed by atoms with Gasteiger partial charge in [-0.1, -0.05) is 31.3 Å². The second-order valence-corrected chi connectivity index (χ2v) is 5.05. The van der Waals surface area contributed by atoms with Gasteiger partial charge in [-0.3, -0.25) is 0 Å². The summed E-state index contributed by atoms with van der Waals surface area (Å²) in [5.74, 6) is -0.396. The van der Waals surface area contributed by atoms with Crippen molar-refractivity contribution in [1.82, 2.24) is 0 Å². The van der Waals surface area contributed by atoms with Crippen LogP contribution in [-0.4, -0.2) is 12.0 Å². The van der Waals surface area contributed by atoms with E-state index in [-0.39, 0.29) is 10.6 Å². The zero-order valence-corrected chi connectivity index (χ0v) is 12.4. The van der Waals surface area contributed by atoms with Gasteiger partial charge in [0.05, 0.1) is 0 Å². The van der Waals surface area contributed by atoms with E-state index in [0.29, 0.717) is 0 Å². The molecule has 2 aromatic carbocycles. The zero-order chi connectivity index (χ0) is 14.7. The molecular formula is C16H17FN2S. The molecule has 0 bridgehead atoms. The predicted molar refractivity (Wildman–Crippen MR) is 86.2 cm³/mol. The van der Waals surface area contributed by atoms with Crippen LogP contribution in [-0.2, 0) is 6.42 Å². The minimum Gasteiger partial charge on any atom is -0.389 e. The molecule has 0 aromatic heterocycles. The molecule has 0 fully saturated rings. The van der Waals surface area contributed by atoms with Gasteiger partial charge in [0.1, 0.15) is 10.8 Å². The molecule has 0 spiro atoms. The number of nitrogens with zero attached hydrogens (tertiary/aromatic N) is 1. The number of hydrogen-bond acceptors (Lipinski definition) is 2. The number of anilines is 2. The third-order valence-electron chi connectivity index (χ3n) is 3.34. The Morgan fingerprint density at radius 2 is 1.75 bits per heavy atom. The molecule has 2 rings (SSSR count). The van der Waals surface area contributed by atoms with E-state index < -0.39 is 5.82 Å². The molecule has 4 heteroatoms. The number of thiocarbonyl (C=S) groups is 1. The van der Waals surface area contributed by atoms with Crippen molar-refractivity contribution in [2.75, 3.05) is 11.9 Å². The highest BCUT2D eigenvalue weighted by Crippen LogP contribution is 2.25. The first-order valence-electron chi connectivity index (χ1n) is 6.45. The minimum absolute atomic E-state index is 0.0731. The molecule has 0 saturated carbocycles. The molecule has 0 amide bonds. The summed E-state index contributed by atoms with van der Waals surface area (Å²) in [4.78, 5) is 2.00. The lowest BCUT2D eigenvalue weighted by Gasteiger charge is -2.20. The van der Waals surface area contributed by atoms with Crippen LogP contribution in [0.2, 0.25) is 0 Å². The van der Waals surface area contributed by atoms with Crippen LogP contribution < -0.4 is 10.6 Å². The third kappa shape index (κ3) is 2.96. The molecule has 0 saturated heterocycles. The van der Waals surface area contributed by atoms with Crippen molar-refractivity contribution in [3.05, 3.63) is 59.4 Å². The lowest BCUT2D eigenvalue weighted by molar-refractivity contribution is 0.625. The Morgan fingerprint density at radius 1 is 1.15 bits per heavy atom. The molecule has 0 unspecified atom stereocenters. The maximum Gasteiger partial charge on any atom is 0.135 e. The molecule has 20 heavy (non-hydrogen) atoms. The number of aryl methyl sites for hydroxylation is 1. The Hall–Kier alpha value is -1.94. The van der Waals surface area contributed by atoms with Crippen molar-refractivity contribution in [2.45, 2.75) is 13.3 Å². The smallest absolute Gasteiger partial charge is 0.135 e. The van der Waals surface area contributed by atoms with Crippen LogP contribution in [0.15, 0.2) is 42.5 Å². The summed E-state index contributed by atoms with van der Waals surface area (Å²) < 4.78 is 13.9. The molecule has 104 valence electrons. The molecule has 0 aliphatic heterocycles. The average Bonchev–Trinajstić information content (AvgIpc) is 2.46. The first kappa shape index (κ1) is 14.5. The lowest BCUT2D eigenvalue weighted by Crippen LogP contribution is -2.14. The molecule has 0 aliphatic carbocycles. The molecule has 2 aromatic rings. The highest BCUT2D eigenvalue weighted by atomic mass is 32.1. The van der Waals surface area contributed by atoms with Crippen LogP contribution in [0.1, 0.15) is 18.1 Å². The summed E-state index contributed by atoms with van der Waals surface area (Å²) in [5, 5.41) is 0. The van der Waals surface area contributed by atoms with Gasteiger partial charge in [0, 0.05) is 24.0 Å². The molecule has 0 heterocycles. The van der Waals surface area contributed by atoms with Crippen LogP contribution in [0.5, 0.6) is 0 Å². The Bertz CT molecular complexity index is 623. The van der Waals surface area contributed by atoms with Crippen molar-refractivity contribution in [1.29, 1.82) is 0 Å². The lowest BCUT2D eigenvalue weighted by atomic mass is 10.1. The van der Waals surface area contributed by atoms with E-state index in [4.69, 9.17) is 18.0 Å². The van der Waals surface area contributed by atoms with E-state index in [1.807, 2.05) is 30.1 Å². The summed E-state index contributed by atoms with van der Waals surface area (Å²) >= 11 is 4.80. The standard InChI is InChI=1S/C16H17FN2S/c1-3-11-4-6-12(7-5-11)19(2)13-8-9-14(16(18)20)15(17)10-13/h4-10H,3H2,1-2H3,(H2,18,20). The SMILES string of the molecule is CCc1ccc(N(C)c2ccc(C(N)=S)c(F)c2)cc1. The Balaban J connectivity index is 2.30. The number of nitrogens with two attached hydrogens (primary N) is 1. The topological polar surface area (TPSA) is 29.3 Å². The maximum absolute atomic E-state index is 13.9. The molecule has 2 nitrogen and oxygen atoms in total. The van der Waals surface area contributed by atoms with Crippen LogP contribution in [0.3, 0.4) is 0 Å². The van der Waals surface area contributed by atoms with Crippen LogP contribution >= 0.6 is 12.2 Å². The van der Waals surface area contributed by atoms with Crippen LogP contribution in [0, 0.1) is 5.82 Å². The summed E-state index contributed by atoms with van der Waals surface area (Å²) in [7, 11) is 1.90. The first-order valence-corrected chi connectivity index (χ1v) is 6.85. The van der Waals surface area contributed by atoms with Crippen molar-refractivity contribution in [3.63, 3.8) is 0 Å². The highest BCUT2D eigenvalue weighted by Gasteiger charge is 2.09. The van der Waals surface area contributed by atoms with Gasteiger partial charge in [-0.15, -0.1) is 0 Å². The van der Waals surface area contributed by atoms with Gasteiger partial charge < -0.3 is 10.6 Å². The Morgan fingerprint density at radius 3 is 2.25 bits per heavy atom. The van der Waals surface area contributed by atoms with Gasteiger partial charge in [-0.25, -0.2) is 4.39 Å². The quantitative estimate of drug-likeness (QED) is 0.868. The van der Waals surface area contributed by atoms with Crippen LogP contribution in [0.4, 0.5) is 15.8 Å². The Labute approximate surface area is 124 Å². The fourth-order valence-electron chi connectivity index (χ4n) is 2.02. The Kier molecular flexibility index (Phi) is 4.35. The van der Waals surface area contributed by atoms with Gasteiger partial charge in [0.15, 0.2) is 0 Å². The van der Waals surface area contributed by atoms with Crippen molar-refractivity contribution >= 4 is 28.6 Å². The van der Waals surface area contributed by atoms with Gasteiger partial charge >= 0.3 is 0 Å². The van der Waals surface area contributed by atoms with Crippen molar-refractivity contribution in [2.24, 2.45) is 5.73 Å². The van der Waals surface area contributed by atoms with Gasteiger partial charge in [0.25, 0.3) is 0 Å². The largest absolute Gasteiger partial charge is 0.389 e. The van der Waals surface area contributed by atoms with E-state index in [9.17, 15) is 4.39 Å². The van der Waals surface area contributed by atoms with E-state index in [2.05, 4.69) is 19.1 Å². The molecule has 0 radical (unpaired) electrons. The number of benzene rings is 2. The molecule has 0 atom stereocenters. The van der Waals surface area contributed by atoms with E-state index in [0.717, 1.165) is 17.8 Å². The summed E-state index contributed by atoms with van der Waals surface area (Å²) in [6.45, 7) is 2.11. The normalized spacial score (nSPS) is 10.3. The second-order valence-electron chi connectivity index (χ2n) is 4.61. The van der Waals surface area contributed by atoms with Gasteiger partial charge in [0.2, 0.25) is 0 Å². The van der Waals surface area contributed by atoms with Crippen molar-refractivity contribution in [3.8, 4) is 0 Å². The number of rotatable bonds is 4. The monoisotopic (exact) mass is 288 g/mol. The number of halogens is 1.